The highest BCUT2D eigenvalue weighted by Crippen LogP contribution is 2.34. The van der Waals surface area contributed by atoms with Gasteiger partial charge in [0.1, 0.15) is 11.4 Å². The molecule has 26 heavy (non-hydrogen) atoms. The van der Waals surface area contributed by atoms with E-state index < -0.39 is 5.60 Å². The van der Waals surface area contributed by atoms with E-state index in [9.17, 15) is 9.59 Å². The molecule has 1 aromatic rings. The molecule has 0 saturated carbocycles. The highest BCUT2D eigenvalue weighted by atomic mass is 16.6. The summed E-state index contributed by atoms with van der Waals surface area (Å²) in [5, 5.41) is 0. The fraction of sp³-hybridized carbons (Fsp3) is 0.632. The minimum atomic E-state index is -0.550. The van der Waals surface area contributed by atoms with Gasteiger partial charge in [0, 0.05) is 17.7 Å². The summed E-state index contributed by atoms with van der Waals surface area (Å²) < 4.78 is 16.3. The fourth-order valence-corrected chi connectivity index (χ4v) is 3.64. The Kier molecular flexibility index (Phi) is 5.18. The molecule has 2 atom stereocenters. The van der Waals surface area contributed by atoms with Gasteiger partial charge in [-0.3, -0.25) is 14.7 Å². The van der Waals surface area contributed by atoms with Gasteiger partial charge in [-0.05, 0) is 39.7 Å². The predicted molar refractivity (Wildman–Crippen MR) is 94.3 cm³/mol. The van der Waals surface area contributed by atoms with Crippen molar-refractivity contribution in [2.75, 3.05) is 20.3 Å². The first kappa shape index (κ1) is 18.6. The molecule has 0 radical (unpaired) electrons. The number of aromatic nitrogens is 1. The maximum atomic E-state index is 12.9. The number of carbonyl (C=O) groups is 2. The van der Waals surface area contributed by atoms with Crippen LogP contribution in [0.4, 0.5) is 4.79 Å². The predicted octanol–water partition coefficient (Wildman–Crippen LogP) is 2.69. The Hall–Kier alpha value is -2.15. The molecule has 2 aliphatic heterocycles. The van der Waals surface area contributed by atoms with Crippen molar-refractivity contribution in [1.29, 1.82) is 0 Å². The zero-order valence-corrected chi connectivity index (χ0v) is 15.7. The van der Waals surface area contributed by atoms with Crippen molar-refractivity contribution in [3.63, 3.8) is 0 Å². The monoisotopic (exact) mass is 362 g/mol. The molecular weight excluding hydrogens is 336 g/mol. The van der Waals surface area contributed by atoms with E-state index in [1.54, 1.807) is 30.5 Å². The molecular formula is C19H26N2O5. The van der Waals surface area contributed by atoms with Gasteiger partial charge in [-0.2, -0.15) is 0 Å². The van der Waals surface area contributed by atoms with Crippen molar-refractivity contribution >= 4 is 11.9 Å². The largest absolute Gasteiger partial charge is 0.495 e. The first-order chi connectivity index (χ1) is 12.3. The third-order valence-electron chi connectivity index (χ3n) is 4.73. The zero-order valence-electron chi connectivity index (χ0n) is 15.7. The number of rotatable bonds is 3. The minimum Gasteiger partial charge on any atom is -0.495 e. The maximum absolute atomic E-state index is 12.9. The Morgan fingerprint density at radius 2 is 1.85 bits per heavy atom. The topological polar surface area (TPSA) is 78.0 Å². The van der Waals surface area contributed by atoms with Crippen molar-refractivity contribution in [2.45, 2.75) is 51.3 Å². The highest BCUT2D eigenvalue weighted by molar-refractivity contribution is 5.98. The Balaban J connectivity index is 1.75. The number of ketones is 1. The van der Waals surface area contributed by atoms with E-state index in [-0.39, 0.29) is 29.9 Å². The van der Waals surface area contributed by atoms with Crippen LogP contribution in [0.2, 0.25) is 0 Å². The van der Waals surface area contributed by atoms with Gasteiger partial charge in [-0.25, -0.2) is 4.79 Å². The third kappa shape index (κ3) is 3.98. The van der Waals surface area contributed by atoms with Crippen LogP contribution in [0, 0.1) is 5.92 Å². The number of methoxy groups -OCH3 is 1. The molecule has 1 aromatic heterocycles. The average Bonchev–Trinajstić information content (AvgIpc) is 2.58. The number of nitrogens with zero attached hydrogens (tertiary/aromatic N) is 2. The Bertz CT molecular complexity index is 671. The van der Waals surface area contributed by atoms with E-state index in [4.69, 9.17) is 14.2 Å². The van der Waals surface area contributed by atoms with Crippen molar-refractivity contribution in [1.82, 2.24) is 9.88 Å². The number of piperidine rings is 1. The van der Waals surface area contributed by atoms with E-state index in [0.717, 1.165) is 0 Å². The van der Waals surface area contributed by atoms with E-state index in [0.29, 0.717) is 37.4 Å². The molecule has 7 heteroatoms. The quantitative estimate of drug-likeness (QED) is 0.770. The van der Waals surface area contributed by atoms with Gasteiger partial charge in [-0.1, -0.05) is 0 Å². The minimum absolute atomic E-state index is 0.0390. The normalized spacial score (nSPS) is 25.5. The molecule has 2 saturated heterocycles. The fourth-order valence-electron chi connectivity index (χ4n) is 3.64. The van der Waals surface area contributed by atoms with Crippen molar-refractivity contribution in [3.8, 4) is 5.75 Å². The van der Waals surface area contributed by atoms with Gasteiger partial charge in [0.05, 0.1) is 38.6 Å². The number of fused-ring (bicyclic) bond motifs is 2. The SMILES string of the molecule is COc1cncc(C(=O)C2CC3COCC(C2)N3C(=O)OC(C)(C)C)c1. The molecule has 0 aliphatic carbocycles. The summed E-state index contributed by atoms with van der Waals surface area (Å²) in [5.41, 5.74) is -0.00963. The lowest BCUT2D eigenvalue weighted by Crippen LogP contribution is -2.60. The molecule has 2 aliphatic rings. The molecule has 0 aromatic carbocycles. The summed E-state index contributed by atoms with van der Waals surface area (Å²) in [6.45, 7) is 6.40. The standard InChI is InChI=1S/C19H26N2O5/c1-19(2,3)26-18(23)21-14-5-12(6-15(21)11-25-10-14)17(22)13-7-16(24-4)9-20-8-13/h7-9,12,14-15H,5-6,10-11H2,1-4H3. The summed E-state index contributed by atoms with van der Waals surface area (Å²) in [6, 6.07) is 1.41. The van der Waals surface area contributed by atoms with Crippen molar-refractivity contribution < 1.29 is 23.8 Å². The van der Waals surface area contributed by atoms with Crippen LogP contribution >= 0.6 is 0 Å². The Morgan fingerprint density at radius 3 is 2.42 bits per heavy atom. The number of morpholine rings is 1. The van der Waals surface area contributed by atoms with Crippen molar-refractivity contribution in [2.24, 2.45) is 5.92 Å². The second-order valence-electron chi connectivity index (χ2n) is 7.88. The van der Waals surface area contributed by atoms with Gasteiger partial charge in [0.15, 0.2) is 5.78 Å². The Labute approximate surface area is 153 Å². The van der Waals surface area contributed by atoms with Crippen LogP contribution in [-0.4, -0.2) is 59.8 Å². The molecule has 2 unspecified atom stereocenters. The van der Waals surface area contributed by atoms with E-state index >= 15 is 0 Å². The van der Waals surface area contributed by atoms with Gasteiger partial charge in [0.25, 0.3) is 0 Å². The summed E-state index contributed by atoms with van der Waals surface area (Å²) in [6.07, 6.45) is 3.93. The zero-order chi connectivity index (χ0) is 18.9. The number of ether oxygens (including phenoxy) is 3. The van der Waals surface area contributed by atoms with Gasteiger partial charge in [-0.15, -0.1) is 0 Å². The van der Waals surface area contributed by atoms with Gasteiger partial charge >= 0.3 is 6.09 Å². The summed E-state index contributed by atoms with van der Waals surface area (Å²) in [4.78, 5) is 31.4. The van der Waals surface area contributed by atoms with Crippen LogP contribution in [0.25, 0.3) is 0 Å². The van der Waals surface area contributed by atoms with Crippen molar-refractivity contribution in [3.05, 3.63) is 24.0 Å². The molecule has 7 nitrogen and oxygen atoms in total. The summed E-state index contributed by atoms with van der Waals surface area (Å²) >= 11 is 0. The highest BCUT2D eigenvalue weighted by Gasteiger charge is 2.45. The number of hydrogen-bond donors (Lipinski definition) is 0. The van der Waals surface area contributed by atoms with Crippen LogP contribution in [0.15, 0.2) is 18.5 Å². The second kappa shape index (κ2) is 7.23. The Morgan fingerprint density at radius 1 is 1.19 bits per heavy atom. The van der Waals surface area contributed by atoms with Gasteiger partial charge < -0.3 is 14.2 Å². The van der Waals surface area contributed by atoms with Gasteiger partial charge in [0.2, 0.25) is 0 Å². The van der Waals surface area contributed by atoms with Crippen LogP contribution in [0.1, 0.15) is 44.0 Å². The van der Waals surface area contributed by atoms with Crippen LogP contribution in [-0.2, 0) is 9.47 Å². The number of carbonyl (C=O) groups excluding carboxylic acids is 2. The van der Waals surface area contributed by atoms with E-state index in [1.807, 2.05) is 20.8 Å². The third-order valence-corrected chi connectivity index (χ3v) is 4.73. The molecule has 3 rings (SSSR count). The molecule has 2 fully saturated rings. The molecule has 3 heterocycles. The van der Waals surface area contributed by atoms with Crippen LogP contribution < -0.4 is 4.74 Å². The first-order valence-corrected chi connectivity index (χ1v) is 8.91. The molecule has 1 amide bonds. The molecule has 142 valence electrons. The number of Topliss-reactive ketones (excluding diaryl/α,β-unsaturated/α-hetero) is 1. The lowest BCUT2D eigenvalue weighted by atomic mass is 9.81. The number of pyridine rings is 1. The van der Waals surface area contributed by atoms with E-state index in [2.05, 4.69) is 4.98 Å². The van der Waals surface area contributed by atoms with Crippen LogP contribution in [0.3, 0.4) is 0 Å². The maximum Gasteiger partial charge on any atom is 0.410 e. The van der Waals surface area contributed by atoms with Crippen LogP contribution in [0.5, 0.6) is 5.75 Å². The lowest BCUT2D eigenvalue weighted by molar-refractivity contribution is -0.0861. The smallest absolute Gasteiger partial charge is 0.410 e. The second-order valence-corrected chi connectivity index (χ2v) is 7.88. The average molecular weight is 362 g/mol. The van der Waals surface area contributed by atoms with E-state index in [1.165, 1.54) is 0 Å². The molecule has 0 spiro atoms. The number of hydrogen-bond acceptors (Lipinski definition) is 6. The summed E-state index contributed by atoms with van der Waals surface area (Å²) in [5.74, 6) is 0.434. The summed E-state index contributed by atoms with van der Waals surface area (Å²) in [7, 11) is 1.55. The molecule has 0 N–H and O–H groups in total. The molecule has 2 bridgehead atoms. The number of amides is 1. The lowest BCUT2D eigenvalue weighted by Gasteiger charge is -2.47. The first-order valence-electron chi connectivity index (χ1n) is 8.91.